The van der Waals surface area contributed by atoms with Gasteiger partial charge in [-0.15, -0.1) is 0 Å². The van der Waals surface area contributed by atoms with Gasteiger partial charge in [0.25, 0.3) is 0 Å². The number of fused-ring (bicyclic) bond motifs is 1. The summed E-state index contributed by atoms with van der Waals surface area (Å²) in [6.07, 6.45) is 4.23. The minimum atomic E-state index is -0.113. The molecule has 0 bridgehead atoms. The first-order valence-corrected chi connectivity index (χ1v) is 5.04. The van der Waals surface area contributed by atoms with E-state index in [2.05, 4.69) is 17.5 Å². The highest BCUT2D eigenvalue weighted by Gasteiger charge is 2.38. The Morgan fingerprint density at radius 3 is 2.93 bits per heavy atom. The molecule has 2 aliphatic rings. The molecule has 3 heteroatoms. The van der Waals surface area contributed by atoms with E-state index in [0.29, 0.717) is 0 Å². The summed E-state index contributed by atoms with van der Waals surface area (Å²) in [6, 6.07) is 5.73. The van der Waals surface area contributed by atoms with E-state index in [1.165, 1.54) is 0 Å². The van der Waals surface area contributed by atoms with Gasteiger partial charge in [0.05, 0.1) is 0 Å². The standard InChI is InChI=1S/C11H10ClNO/c12-9-2-1-8-3-4-11(6-13-7-11)14-10(8)5-9/h1-5,13H,6-7H2. The number of nitrogens with one attached hydrogen (secondary N) is 1. The summed E-state index contributed by atoms with van der Waals surface area (Å²) in [4.78, 5) is 0. The molecule has 1 fully saturated rings. The molecule has 2 heterocycles. The van der Waals surface area contributed by atoms with Crippen LogP contribution in [0.2, 0.25) is 5.02 Å². The zero-order valence-corrected chi connectivity index (χ0v) is 8.34. The Hall–Kier alpha value is -0.990. The lowest BCUT2D eigenvalue weighted by atomic mass is 9.93. The van der Waals surface area contributed by atoms with Gasteiger partial charge in [0, 0.05) is 23.7 Å². The molecule has 0 radical (unpaired) electrons. The van der Waals surface area contributed by atoms with E-state index >= 15 is 0 Å². The van der Waals surface area contributed by atoms with E-state index < -0.39 is 0 Å². The fraction of sp³-hybridized carbons (Fsp3) is 0.273. The van der Waals surface area contributed by atoms with Crippen LogP contribution in [0.1, 0.15) is 5.56 Å². The average molecular weight is 208 g/mol. The summed E-state index contributed by atoms with van der Waals surface area (Å²) in [5.41, 5.74) is 0.990. The van der Waals surface area contributed by atoms with Crippen LogP contribution in [0.3, 0.4) is 0 Å². The van der Waals surface area contributed by atoms with E-state index in [0.717, 1.165) is 29.4 Å². The molecule has 1 aromatic carbocycles. The molecular formula is C11H10ClNO. The Morgan fingerprint density at radius 2 is 2.21 bits per heavy atom. The van der Waals surface area contributed by atoms with Crippen LogP contribution in [0.25, 0.3) is 6.08 Å². The van der Waals surface area contributed by atoms with Crippen molar-refractivity contribution in [2.45, 2.75) is 5.60 Å². The highest BCUT2D eigenvalue weighted by atomic mass is 35.5. The summed E-state index contributed by atoms with van der Waals surface area (Å²) < 4.78 is 5.90. The van der Waals surface area contributed by atoms with E-state index in [1.807, 2.05) is 18.2 Å². The molecule has 14 heavy (non-hydrogen) atoms. The Kier molecular flexibility index (Phi) is 1.64. The van der Waals surface area contributed by atoms with Gasteiger partial charge in [-0.1, -0.05) is 17.7 Å². The van der Waals surface area contributed by atoms with Gasteiger partial charge in [-0.25, -0.2) is 0 Å². The minimum absolute atomic E-state index is 0.113. The van der Waals surface area contributed by atoms with Gasteiger partial charge in [-0.3, -0.25) is 0 Å². The summed E-state index contributed by atoms with van der Waals surface area (Å²) in [5.74, 6) is 0.890. The number of rotatable bonds is 0. The molecule has 0 saturated carbocycles. The zero-order valence-electron chi connectivity index (χ0n) is 7.59. The van der Waals surface area contributed by atoms with Crippen molar-refractivity contribution in [2.24, 2.45) is 0 Å². The van der Waals surface area contributed by atoms with Crippen LogP contribution >= 0.6 is 11.6 Å². The van der Waals surface area contributed by atoms with Gasteiger partial charge < -0.3 is 10.1 Å². The van der Waals surface area contributed by atoms with Gasteiger partial charge in [0.15, 0.2) is 5.60 Å². The first kappa shape index (κ1) is 8.33. The molecular weight excluding hydrogens is 198 g/mol. The fourth-order valence-corrected chi connectivity index (χ4v) is 1.95. The van der Waals surface area contributed by atoms with Gasteiger partial charge in [-0.2, -0.15) is 0 Å². The maximum absolute atomic E-state index is 5.91. The molecule has 3 rings (SSSR count). The van der Waals surface area contributed by atoms with Crippen molar-refractivity contribution in [1.82, 2.24) is 5.32 Å². The van der Waals surface area contributed by atoms with Gasteiger partial charge >= 0.3 is 0 Å². The Balaban J connectivity index is 2.03. The SMILES string of the molecule is Clc1ccc2c(c1)OC1(C=C2)CNC1. The Labute approximate surface area is 87.5 Å². The molecule has 72 valence electrons. The molecule has 2 aliphatic heterocycles. The number of ether oxygens (including phenoxy) is 1. The third-order valence-corrected chi connectivity index (χ3v) is 2.94. The largest absolute Gasteiger partial charge is 0.480 e. The van der Waals surface area contributed by atoms with Crippen molar-refractivity contribution in [2.75, 3.05) is 13.1 Å². The van der Waals surface area contributed by atoms with Crippen LogP contribution in [0.15, 0.2) is 24.3 Å². The van der Waals surface area contributed by atoms with Crippen molar-refractivity contribution in [3.05, 3.63) is 34.9 Å². The van der Waals surface area contributed by atoms with Crippen LogP contribution < -0.4 is 10.1 Å². The summed E-state index contributed by atoms with van der Waals surface area (Å²) in [6.45, 7) is 1.77. The summed E-state index contributed by atoms with van der Waals surface area (Å²) >= 11 is 5.91. The van der Waals surface area contributed by atoms with Crippen LogP contribution in [0.5, 0.6) is 5.75 Å². The van der Waals surface area contributed by atoms with Crippen LogP contribution in [-0.2, 0) is 0 Å². The number of halogens is 1. The quantitative estimate of drug-likeness (QED) is 0.704. The molecule has 0 amide bonds. The molecule has 0 aromatic heterocycles. The lowest BCUT2D eigenvalue weighted by Crippen LogP contribution is -2.62. The maximum Gasteiger partial charge on any atom is 0.152 e. The van der Waals surface area contributed by atoms with Gasteiger partial charge in [-0.05, 0) is 24.3 Å². The van der Waals surface area contributed by atoms with Crippen LogP contribution in [0.4, 0.5) is 0 Å². The summed E-state index contributed by atoms with van der Waals surface area (Å²) in [7, 11) is 0. The van der Waals surface area contributed by atoms with E-state index in [9.17, 15) is 0 Å². The average Bonchev–Trinajstić information content (AvgIpc) is 2.14. The maximum atomic E-state index is 5.91. The Bertz CT molecular complexity index is 410. The Morgan fingerprint density at radius 1 is 1.36 bits per heavy atom. The predicted octanol–water partition coefficient (Wildman–Crippen LogP) is 2.09. The fourth-order valence-electron chi connectivity index (χ4n) is 1.79. The second kappa shape index (κ2) is 2.75. The zero-order chi connectivity index (χ0) is 9.60. The molecule has 0 aliphatic carbocycles. The van der Waals surface area contributed by atoms with Crippen molar-refractivity contribution in [3.63, 3.8) is 0 Å². The first-order valence-electron chi connectivity index (χ1n) is 4.66. The third kappa shape index (κ3) is 1.15. The summed E-state index contributed by atoms with van der Waals surface area (Å²) in [5, 5.41) is 3.93. The molecule has 1 saturated heterocycles. The van der Waals surface area contributed by atoms with Crippen molar-refractivity contribution < 1.29 is 4.74 Å². The molecule has 0 unspecified atom stereocenters. The second-order valence-electron chi connectivity index (χ2n) is 3.79. The lowest BCUT2D eigenvalue weighted by molar-refractivity contribution is 0.0615. The van der Waals surface area contributed by atoms with E-state index in [4.69, 9.17) is 16.3 Å². The minimum Gasteiger partial charge on any atom is -0.480 e. The highest BCUT2D eigenvalue weighted by Crippen LogP contribution is 2.34. The number of hydrogen-bond acceptors (Lipinski definition) is 2. The highest BCUT2D eigenvalue weighted by molar-refractivity contribution is 6.30. The molecule has 0 atom stereocenters. The number of benzene rings is 1. The second-order valence-corrected chi connectivity index (χ2v) is 4.22. The monoisotopic (exact) mass is 207 g/mol. The van der Waals surface area contributed by atoms with Crippen molar-refractivity contribution in [3.8, 4) is 5.75 Å². The lowest BCUT2D eigenvalue weighted by Gasteiger charge is -2.42. The third-order valence-electron chi connectivity index (χ3n) is 2.70. The van der Waals surface area contributed by atoms with Crippen molar-refractivity contribution in [1.29, 1.82) is 0 Å². The molecule has 2 nitrogen and oxygen atoms in total. The first-order chi connectivity index (χ1) is 6.77. The van der Waals surface area contributed by atoms with Crippen molar-refractivity contribution >= 4 is 17.7 Å². The van der Waals surface area contributed by atoms with Gasteiger partial charge in [0.2, 0.25) is 0 Å². The predicted molar refractivity (Wildman–Crippen MR) is 56.7 cm³/mol. The van der Waals surface area contributed by atoms with Crippen LogP contribution in [-0.4, -0.2) is 18.7 Å². The normalized spacial score (nSPS) is 21.2. The van der Waals surface area contributed by atoms with Gasteiger partial charge in [0.1, 0.15) is 5.75 Å². The molecule has 1 aromatic rings. The van der Waals surface area contributed by atoms with E-state index in [1.54, 1.807) is 0 Å². The van der Waals surface area contributed by atoms with Crippen LogP contribution in [0, 0.1) is 0 Å². The molecule has 1 spiro atoms. The topological polar surface area (TPSA) is 21.3 Å². The molecule has 1 N–H and O–H groups in total. The number of hydrogen-bond donors (Lipinski definition) is 1. The smallest absolute Gasteiger partial charge is 0.152 e. The van der Waals surface area contributed by atoms with E-state index in [-0.39, 0.29) is 5.60 Å².